The van der Waals surface area contributed by atoms with Gasteiger partial charge in [-0.2, -0.15) is 8.78 Å². The predicted octanol–water partition coefficient (Wildman–Crippen LogP) is 4.07. The first kappa shape index (κ1) is 15.9. The van der Waals surface area contributed by atoms with Crippen LogP contribution in [0.4, 0.5) is 8.78 Å². The molecule has 1 aliphatic rings. The average molecular weight is 296 g/mol. The van der Waals surface area contributed by atoms with Gasteiger partial charge >= 0.3 is 6.61 Å². The Balaban J connectivity index is 2.12. The fourth-order valence-corrected chi connectivity index (χ4v) is 2.74. The summed E-state index contributed by atoms with van der Waals surface area (Å²) in [6, 6.07) is 6.60. The van der Waals surface area contributed by atoms with Gasteiger partial charge < -0.3 is 4.74 Å². The number of hydrogen-bond acceptors (Lipinski definition) is 3. The van der Waals surface area contributed by atoms with E-state index in [1.165, 1.54) is 24.8 Å². The van der Waals surface area contributed by atoms with E-state index >= 15 is 0 Å². The Labute approximate surface area is 124 Å². The fourth-order valence-electron chi connectivity index (χ4n) is 2.74. The molecule has 1 aliphatic carbocycles. The second-order valence-corrected chi connectivity index (χ2v) is 5.28. The third kappa shape index (κ3) is 4.79. The molecule has 0 fully saturated rings. The van der Waals surface area contributed by atoms with Crippen LogP contribution in [0.3, 0.4) is 0 Å². The molecule has 116 valence electrons. The highest BCUT2D eigenvalue weighted by Gasteiger charge is 2.16. The topological polar surface area (TPSA) is 47.3 Å². The van der Waals surface area contributed by atoms with E-state index in [0.717, 1.165) is 24.8 Å². The second kappa shape index (κ2) is 8.10. The van der Waals surface area contributed by atoms with Gasteiger partial charge in [0.1, 0.15) is 5.75 Å². The predicted molar refractivity (Wildman–Crippen MR) is 78.9 cm³/mol. The summed E-state index contributed by atoms with van der Waals surface area (Å²) in [4.78, 5) is 0. The summed E-state index contributed by atoms with van der Waals surface area (Å²) in [7, 11) is 0. The Bertz CT molecular complexity index is 460. The maximum atomic E-state index is 12.2. The molecule has 0 aliphatic heterocycles. The van der Waals surface area contributed by atoms with Gasteiger partial charge in [0.05, 0.1) is 6.04 Å². The number of hydrazine groups is 1. The van der Waals surface area contributed by atoms with E-state index in [1.54, 1.807) is 24.3 Å². The van der Waals surface area contributed by atoms with Crippen LogP contribution in [0.5, 0.6) is 5.75 Å². The van der Waals surface area contributed by atoms with Crippen molar-refractivity contribution in [1.29, 1.82) is 0 Å². The van der Waals surface area contributed by atoms with E-state index in [0.29, 0.717) is 0 Å². The Kier molecular flexibility index (Phi) is 6.14. The molecule has 0 heterocycles. The zero-order valence-electron chi connectivity index (χ0n) is 12.0. The van der Waals surface area contributed by atoms with Crippen molar-refractivity contribution in [2.75, 3.05) is 0 Å². The van der Waals surface area contributed by atoms with E-state index in [4.69, 9.17) is 5.84 Å². The summed E-state index contributed by atoms with van der Waals surface area (Å²) in [6.45, 7) is -2.80. The van der Waals surface area contributed by atoms with Gasteiger partial charge in [-0.25, -0.2) is 5.43 Å². The molecule has 5 heteroatoms. The molecule has 1 aromatic rings. The lowest BCUT2D eigenvalue weighted by atomic mass is 9.91. The summed E-state index contributed by atoms with van der Waals surface area (Å²) in [5.74, 6) is 5.87. The van der Waals surface area contributed by atoms with Crippen LogP contribution in [0.25, 0.3) is 0 Å². The lowest BCUT2D eigenvalue weighted by molar-refractivity contribution is -0.0498. The first-order valence-electron chi connectivity index (χ1n) is 7.40. The van der Waals surface area contributed by atoms with Gasteiger partial charge in [-0.05, 0) is 43.4 Å². The highest BCUT2D eigenvalue weighted by Crippen LogP contribution is 2.29. The molecule has 3 nitrogen and oxygen atoms in total. The molecule has 1 atom stereocenters. The number of alkyl halides is 2. The minimum atomic E-state index is -2.80. The molecule has 0 saturated carbocycles. The normalized spacial score (nSPS) is 20.3. The Hall–Kier alpha value is -1.46. The molecule has 0 bridgehead atoms. The third-order valence-electron chi connectivity index (χ3n) is 3.80. The van der Waals surface area contributed by atoms with Crippen LogP contribution in [0.15, 0.2) is 35.9 Å². The third-order valence-corrected chi connectivity index (χ3v) is 3.80. The zero-order chi connectivity index (χ0) is 15.1. The molecular formula is C16H22F2N2O. The zero-order valence-corrected chi connectivity index (χ0v) is 12.0. The van der Waals surface area contributed by atoms with Crippen molar-refractivity contribution in [1.82, 2.24) is 5.43 Å². The molecule has 2 rings (SSSR count). The molecule has 0 radical (unpaired) electrons. The Morgan fingerprint density at radius 2 is 1.76 bits per heavy atom. The fraction of sp³-hybridized carbons (Fsp3) is 0.500. The van der Waals surface area contributed by atoms with Crippen LogP contribution in [-0.4, -0.2) is 6.61 Å². The number of benzene rings is 1. The van der Waals surface area contributed by atoms with Gasteiger partial charge in [-0.3, -0.25) is 5.84 Å². The second-order valence-electron chi connectivity index (χ2n) is 5.28. The van der Waals surface area contributed by atoms with Gasteiger partial charge in [-0.1, -0.05) is 36.6 Å². The van der Waals surface area contributed by atoms with Gasteiger partial charge in [0, 0.05) is 0 Å². The van der Waals surface area contributed by atoms with Crippen molar-refractivity contribution >= 4 is 0 Å². The van der Waals surface area contributed by atoms with Crippen molar-refractivity contribution < 1.29 is 13.5 Å². The summed E-state index contributed by atoms with van der Waals surface area (Å²) in [5.41, 5.74) is 5.08. The van der Waals surface area contributed by atoms with Crippen LogP contribution >= 0.6 is 0 Å². The minimum Gasteiger partial charge on any atom is -0.435 e. The minimum absolute atomic E-state index is 0.0660. The standard InChI is InChI=1S/C16H22F2N2O/c17-16(18)21-14-10-8-13(9-11-14)15(20-19)12-6-4-2-1-3-5-7-12/h6,8-11,15-16,20H,1-5,7,19H2/b12-6+. The first-order chi connectivity index (χ1) is 10.2. The maximum Gasteiger partial charge on any atom is 0.387 e. The van der Waals surface area contributed by atoms with Crippen LogP contribution in [-0.2, 0) is 0 Å². The molecule has 0 saturated heterocycles. The SMILES string of the molecule is NNC(/C1=C/CCCCCC1)c1ccc(OC(F)F)cc1. The summed E-state index contributed by atoms with van der Waals surface area (Å²) < 4.78 is 28.7. The van der Waals surface area contributed by atoms with Gasteiger partial charge in [0.15, 0.2) is 0 Å². The summed E-state index contributed by atoms with van der Waals surface area (Å²) >= 11 is 0. The molecule has 1 aromatic carbocycles. The lowest BCUT2D eigenvalue weighted by Crippen LogP contribution is -2.29. The largest absolute Gasteiger partial charge is 0.435 e. The number of nitrogens with two attached hydrogens (primary N) is 1. The van der Waals surface area contributed by atoms with Crippen LogP contribution in [0.1, 0.15) is 50.1 Å². The molecule has 3 N–H and O–H groups in total. The number of ether oxygens (including phenoxy) is 1. The van der Waals surface area contributed by atoms with Crippen molar-refractivity contribution in [3.63, 3.8) is 0 Å². The Morgan fingerprint density at radius 1 is 1.05 bits per heavy atom. The molecular weight excluding hydrogens is 274 g/mol. The highest BCUT2D eigenvalue weighted by atomic mass is 19.3. The molecule has 0 amide bonds. The number of rotatable bonds is 5. The Morgan fingerprint density at radius 3 is 2.43 bits per heavy atom. The van der Waals surface area contributed by atoms with Crippen LogP contribution < -0.4 is 16.0 Å². The van der Waals surface area contributed by atoms with E-state index in [-0.39, 0.29) is 11.8 Å². The number of halogens is 2. The molecule has 1 unspecified atom stereocenters. The maximum absolute atomic E-state index is 12.2. The van der Waals surface area contributed by atoms with Crippen LogP contribution in [0, 0.1) is 0 Å². The summed E-state index contributed by atoms with van der Waals surface area (Å²) in [5, 5.41) is 0. The van der Waals surface area contributed by atoms with Crippen molar-refractivity contribution in [2.24, 2.45) is 5.84 Å². The summed E-state index contributed by atoms with van der Waals surface area (Å²) in [6.07, 6.45) is 9.25. The number of hydrogen-bond donors (Lipinski definition) is 2. The van der Waals surface area contributed by atoms with E-state index in [2.05, 4.69) is 16.2 Å². The quantitative estimate of drug-likeness (QED) is 0.489. The van der Waals surface area contributed by atoms with E-state index < -0.39 is 6.61 Å². The van der Waals surface area contributed by atoms with E-state index in [1.807, 2.05) is 0 Å². The van der Waals surface area contributed by atoms with Crippen LogP contribution in [0.2, 0.25) is 0 Å². The molecule has 0 spiro atoms. The van der Waals surface area contributed by atoms with Gasteiger partial charge in [-0.15, -0.1) is 0 Å². The van der Waals surface area contributed by atoms with Crippen molar-refractivity contribution in [3.8, 4) is 5.75 Å². The lowest BCUT2D eigenvalue weighted by Gasteiger charge is -2.22. The van der Waals surface area contributed by atoms with Gasteiger partial charge in [0.2, 0.25) is 0 Å². The molecule has 0 aromatic heterocycles. The van der Waals surface area contributed by atoms with Crippen molar-refractivity contribution in [3.05, 3.63) is 41.5 Å². The monoisotopic (exact) mass is 296 g/mol. The highest BCUT2D eigenvalue weighted by molar-refractivity contribution is 5.33. The van der Waals surface area contributed by atoms with Gasteiger partial charge in [0.25, 0.3) is 0 Å². The van der Waals surface area contributed by atoms with E-state index in [9.17, 15) is 8.78 Å². The van der Waals surface area contributed by atoms with Crippen molar-refractivity contribution in [2.45, 2.75) is 51.2 Å². The number of allylic oxidation sites excluding steroid dienone is 1. The first-order valence-corrected chi connectivity index (χ1v) is 7.40. The number of nitrogens with one attached hydrogen (secondary N) is 1. The average Bonchev–Trinajstić information content (AvgIpc) is 2.42. The smallest absolute Gasteiger partial charge is 0.387 e. The molecule has 21 heavy (non-hydrogen) atoms.